The average molecular weight is 433 g/mol. The van der Waals surface area contributed by atoms with Crippen LogP contribution in [0, 0.1) is 5.82 Å². The molecule has 0 saturated carbocycles. The van der Waals surface area contributed by atoms with Crippen LogP contribution in [0.25, 0.3) is 0 Å². The van der Waals surface area contributed by atoms with Crippen molar-refractivity contribution in [3.05, 3.63) is 57.5 Å². The number of hydrogen-bond acceptors (Lipinski definition) is 6. The molecule has 0 aliphatic carbocycles. The number of carbonyl (C=O) groups is 3. The Morgan fingerprint density at radius 1 is 1.19 bits per heavy atom. The number of hydrogen-bond donors (Lipinski definition) is 3. The Morgan fingerprint density at radius 3 is 2.32 bits per heavy atom. The van der Waals surface area contributed by atoms with Crippen LogP contribution in [0.2, 0.25) is 0 Å². The quantitative estimate of drug-likeness (QED) is 0.568. The summed E-state index contributed by atoms with van der Waals surface area (Å²) in [6.45, 7) is 2.99. The maximum absolute atomic E-state index is 13.0. The van der Waals surface area contributed by atoms with Crippen molar-refractivity contribution in [2.75, 3.05) is 14.1 Å². The van der Waals surface area contributed by atoms with E-state index in [1.165, 1.54) is 59.3 Å². The van der Waals surface area contributed by atoms with Crippen LogP contribution in [0.1, 0.15) is 35.7 Å². The molecule has 10 nitrogen and oxygen atoms in total. The van der Waals surface area contributed by atoms with E-state index in [9.17, 15) is 28.7 Å². The predicted octanol–water partition coefficient (Wildman–Crippen LogP) is -0.00550. The zero-order valence-electron chi connectivity index (χ0n) is 17.8. The molecule has 0 aliphatic heterocycles. The third-order valence-electron chi connectivity index (χ3n) is 4.43. The SMILES string of the molecule is CN(C)C(=O)C(=O)NC(C)(C)c1nc(C(=O)NCc2ccc([19F])cc2)c(O)c(=O)n1C. The molecule has 0 aliphatic rings. The molecule has 0 fully saturated rings. The summed E-state index contributed by atoms with van der Waals surface area (Å²) >= 11 is 0. The lowest BCUT2D eigenvalue weighted by atomic mass is 10.0. The molecule has 0 radical (unpaired) electrons. The van der Waals surface area contributed by atoms with E-state index in [2.05, 4.69) is 15.6 Å². The highest BCUT2D eigenvalue weighted by atomic mass is 19.1. The summed E-state index contributed by atoms with van der Waals surface area (Å²) < 4.78 is 14.0. The van der Waals surface area contributed by atoms with E-state index < -0.39 is 46.1 Å². The lowest BCUT2D eigenvalue weighted by Crippen LogP contribution is -2.50. The van der Waals surface area contributed by atoms with Gasteiger partial charge in [0.25, 0.3) is 11.5 Å². The fourth-order valence-electron chi connectivity index (χ4n) is 2.77. The maximum atomic E-state index is 13.0. The van der Waals surface area contributed by atoms with Crippen molar-refractivity contribution in [1.29, 1.82) is 0 Å². The van der Waals surface area contributed by atoms with Crippen molar-refractivity contribution in [3.63, 3.8) is 0 Å². The highest BCUT2D eigenvalue weighted by Crippen LogP contribution is 2.20. The zero-order chi connectivity index (χ0) is 23.5. The second-order valence-corrected chi connectivity index (χ2v) is 7.58. The topological polar surface area (TPSA) is 134 Å². The van der Waals surface area contributed by atoms with Gasteiger partial charge in [-0.15, -0.1) is 0 Å². The summed E-state index contributed by atoms with van der Waals surface area (Å²) in [4.78, 5) is 54.2. The van der Waals surface area contributed by atoms with Gasteiger partial charge in [0.05, 0.1) is 5.54 Å². The summed E-state index contributed by atoms with van der Waals surface area (Å²) in [7, 11) is 4.13. The van der Waals surface area contributed by atoms with E-state index in [4.69, 9.17) is 0 Å². The van der Waals surface area contributed by atoms with Gasteiger partial charge in [0.1, 0.15) is 11.6 Å². The minimum Gasteiger partial charge on any atom is -0.501 e. The summed E-state index contributed by atoms with van der Waals surface area (Å²) in [6, 6.07) is 5.40. The Kier molecular flexibility index (Phi) is 6.78. The van der Waals surface area contributed by atoms with E-state index in [-0.39, 0.29) is 12.4 Å². The average Bonchev–Trinajstić information content (AvgIpc) is 2.70. The molecule has 0 atom stereocenters. The van der Waals surface area contributed by atoms with Crippen LogP contribution in [0.4, 0.5) is 4.39 Å². The van der Waals surface area contributed by atoms with Crippen molar-refractivity contribution in [2.45, 2.75) is 25.9 Å². The van der Waals surface area contributed by atoms with Gasteiger partial charge in [-0.25, -0.2) is 9.37 Å². The van der Waals surface area contributed by atoms with Gasteiger partial charge in [0, 0.05) is 27.7 Å². The number of carbonyl (C=O) groups excluding carboxylic acids is 3. The molecule has 1 aromatic heterocycles. The van der Waals surface area contributed by atoms with Crippen LogP contribution >= 0.6 is 0 Å². The highest BCUT2D eigenvalue weighted by Gasteiger charge is 2.33. The number of nitrogens with zero attached hydrogens (tertiary/aromatic N) is 3. The molecule has 3 N–H and O–H groups in total. The first-order valence-corrected chi connectivity index (χ1v) is 9.22. The van der Waals surface area contributed by atoms with Crippen molar-refractivity contribution in [2.24, 2.45) is 7.05 Å². The van der Waals surface area contributed by atoms with Gasteiger partial charge >= 0.3 is 11.8 Å². The van der Waals surface area contributed by atoms with E-state index >= 15 is 0 Å². The Morgan fingerprint density at radius 2 is 1.77 bits per heavy atom. The van der Waals surface area contributed by atoms with Gasteiger partial charge in [-0.2, -0.15) is 0 Å². The molecular weight excluding hydrogens is 409 g/mol. The summed E-state index contributed by atoms with van der Waals surface area (Å²) in [5.74, 6) is -3.93. The summed E-state index contributed by atoms with van der Waals surface area (Å²) in [6.07, 6.45) is 0. The van der Waals surface area contributed by atoms with Gasteiger partial charge in [0.15, 0.2) is 5.69 Å². The summed E-state index contributed by atoms with van der Waals surface area (Å²) in [5, 5.41) is 15.1. The van der Waals surface area contributed by atoms with Crippen LogP contribution in [0.5, 0.6) is 5.75 Å². The molecule has 1 heterocycles. The normalized spacial score (nSPS) is 11.0. The predicted molar refractivity (Wildman–Crippen MR) is 109 cm³/mol. The maximum Gasteiger partial charge on any atom is 0.311 e. The Labute approximate surface area is 177 Å². The number of amides is 3. The van der Waals surface area contributed by atoms with E-state index in [1.807, 2.05) is 0 Å². The Bertz CT molecular complexity index is 1080. The molecule has 0 spiro atoms. The molecule has 0 saturated heterocycles. The van der Waals surface area contributed by atoms with Crippen LogP contribution in [-0.4, -0.2) is 51.4 Å². The molecule has 2 rings (SSSR count). The first-order valence-electron chi connectivity index (χ1n) is 9.22. The number of halogens is 1. The van der Waals surface area contributed by atoms with Crippen molar-refractivity contribution in [3.8, 4) is 5.75 Å². The van der Waals surface area contributed by atoms with Gasteiger partial charge < -0.3 is 20.6 Å². The molecule has 166 valence electrons. The molecule has 1 aromatic carbocycles. The second kappa shape index (κ2) is 8.94. The largest absolute Gasteiger partial charge is 0.501 e. The molecule has 0 bridgehead atoms. The number of aromatic nitrogens is 2. The first-order chi connectivity index (χ1) is 14.3. The number of likely N-dealkylation sites (N-methyl/N-ethyl adjacent to an activating group) is 1. The minimum absolute atomic E-state index is 0.00222. The monoisotopic (exact) mass is 433 g/mol. The minimum atomic E-state index is -1.34. The fourth-order valence-corrected chi connectivity index (χ4v) is 2.77. The van der Waals surface area contributed by atoms with Gasteiger partial charge in [-0.1, -0.05) is 12.1 Å². The lowest BCUT2D eigenvalue weighted by Gasteiger charge is -2.28. The van der Waals surface area contributed by atoms with E-state index in [0.29, 0.717) is 5.56 Å². The van der Waals surface area contributed by atoms with Crippen LogP contribution < -0.4 is 16.2 Å². The van der Waals surface area contributed by atoms with E-state index in [0.717, 1.165) is 9.47 Å². The lowest BCUT2D eigenvalue weighted by molar-refractivity contribution is -0.145. The summed E-state index contributed by atoms with van der Waals surface area (Å²) in [5.41, 5.74) is -2.19. The van der Waals surface area contributed by atoms with Gasteiger partial charge in [-0.05, 0) is 31.5 Å². The van der Waals surface area contributed by atoms with Crippen LogP contribution in [0.3, 0.4) is 0 Å². The third kappa shape index (κ3) is 5.24. The van der Waals surface area contributed by atoms with Gasteiger partial charge in [0.2, 0.25) is 5.75 Å². The Balaban J connectivity index is 2.34. The molecule has 0 unspecified atom stereocenters. The van der Waals surface area contributed by atoms with Crippen molar-refractivity contribution in [1.82, 2.24) is 25.1 Å². The number of benzene rings is 1. The molecule has 11 heteroatoms. The first kappa shape index (κ1) is 23.5. The smallest absolute Gasteiger partial charge is 0.311 e. The Hall–Kier alpha value is -3.76. The second-order valence-electron chi connectivity index (χ2n) is 7.58. The number of rotatable bonds is 5. The number of nitrogens with one attached hydrogen (secondary N) is 2. The highest BCUT2D eigenvalue weighted by molar-refractivity contribution is 6.35. The number of aromatic hydroxyl groups is 1. The van der Waals surface area contributed by atoms with Crippen molar-refractivity contribution < 1.29 is 23.9 Å². The zero-order valence-corrected chi connectivity index (χ0v) is 17.8. The third-order valence-corrected chi connectivity index (χ3v) is 4.43. The van der Waals surface area contributed by atoms with Crippen molar-refractivity contribution >= 4 is 17.7 Å². The molecular formula is C20H24FN5O5. The van der Waals surface area contributed by atoms with E-state index in [1.54, 1.807) is 0 Å². The molecule has 3 amide bonds. The molecule has 31 heavy (non-hydrogen) atoms. The fraction of sp³-hybridized carbons (Fsp3) is 0.350. The standard InChI is InChI=1S/C20H24FN5O5/c1-20(2,24-16(29)18(31)25(3)4)19-23-13(14(27)17(30)26(19)5)15(28)22-10-11-6-8-12(21)9-7-11/h6-9,27H,10H2,1-5H3,(H,22,28)(H,24,29)/i21+0. The molecule has 2 aromatic rings. The van der Waals surface area contributed by atoms with Crippen LogP contribution in [0.15, 0.2) is 29.1 Å². The van der Waals surface area contributed by atoms with Crippen LogP contribution in [-0.2, 0) is 28.7 Å². The van der Waals surface area contributed by atoms with Gasteiger partial charge in [-0.3, -0.25) is 23.7 Å².